The summed E-state index contributed by atoms with van der Waals surface area (Å²) in [7, 11) is 0. The lowest BCUT2D eigenvalue weighted by atomic mass is 10.0. The normalized spacial score (nSPS) is 14.5. The third kappa shape index (κ3) is 3.25. The molecule has 26 heavy (non-hydrogen) atoms. The van der Waals surface area contributed by atoms with E-state index in [0.717, 1.165) is 10.5 Å². The first-order valence-electron chi connectivity index (χ1n) is 8.62. The van der Waals surface area contributed by atoms with Gasteiger partial charge in [-0.2, -0.15) is 0 Å². The number of imide groups is 1. The monoisotopic (exact) mass is 351 g/mol. The van der Waals surface area contributed by atoms with Crippen molar-refractivity contribution in [2.24, 2.45) is 0 Å². The van der Waals surface area contributed by atoms with E-state index in [1.165, 1.54) is 12.5 Å². The van der Waals surface area contributed by atoms with Crippen LogP contribution in [0.25, 0.3) is 0 Å². The number of amides is 2. The molecule has 2 aromatic rings. The van der Waals surface area contributed by atoms with Crippen molar-refractivity contribution in [3.8, 4) is 0 Å². The number of carbonyl (C=O) groups is 3. The Morgan fingerprint density at radius 2 is 1.46 bits per heavy atom. The maximum atomic E-state index is 12.4. The molecule has 0 bridgehead atoms. The molecule has 1 aliphatic heterocycles. The zero-order chi connectivity index (χ0) is 18.8. The van der Waals surface area contributed by atoms with Gasteiger partial charge in [0.2, 0.25) is 0 Å². The van der Waals surface area contributed by atoms with E-state index in [-0.39, 0.29) is 6.61 Å². The van der Waals surface area contributed by atoms with Crippen molar-refractivity contribution >= 4 is 17.8 Å². The average Bonchev–Trinajstić information content (AvgIpc) is 2.90. The predicted octanol–water partition coefficient (Wildman–Crippen LogP) is 3.54. The van der Waals surface area contributed by atoms with E-state index < -0.39 is 23.8 Å². The topological polar surface area (TPSA) is 63.7 Å². The molecule has 0 spiro atoms. The summed E-state index contributed by atoms with van der Waals surface area (Å²) in [5.74, 6) is -1.10. The lowest BCUT2D eigenvalue weighted by Crippen LogP contribution is -2.43. The molecule has 5 nitrogen and oxygen atoms in total. The first kappa shape index (κ1) is 17.9. The van der Waals surface area contributed by atoms with Crippen molar-refractivity contribution in [1.82, 2.24) is 4.90 Å². The Hall–Kier alpha value is -2.95. The van der Waals surface area contributed by atoms with Gasteiger partial charge in [-0.05, 0) is 36.1 Å². The van der Waals surface area contributed by atoms with Crippen LogP contribution < -0.4 is 0 Å². The highest BCUT2D eigenvalue weighted by Crippen LogP contribution is 2.25. The third-order valence-corrected chi connectivity index (χ3v) is 4.58. The molecule has 0 aliphatic carbocycles. The zero-order valence-corrected chi connectivity index (χ0v) is 15.1. The Bertz CT molecular complexity index is 820. The van der Waals surface area contributed by atoms with Crippen molar-refractivity contribution in [2.45, 2.75) is 39.3 Å². The van der Waals surface area contributed by atoms with Gasteiger partial charge in [-0.3, -0.25) is 14.5 Å². The van der Waals surface area contributed by atoms with Crippen LogP contribution in [-0.4, -0.2) is 28.7 Å². The highest BCUT2D eigenvalue weighted by molar-refractivity contribution is 6.22. The van der Waals surface area contributed by atoms with Crippen LogP contribution in [0.15, 0.2) is 48.5 Å². The van der Waals surface area contributed by atoms with Crippen molar-refractivity contribution in [3.63, 3.8) is 0 Å². The molecule has 2 aromatic carbocycles. The number of ether oxygens (including phenoxy) is 1. The Morgan fingerprint density at radius 1 is 0.923 bits per heavy atom. The molecule has 2 amide bonds. The number of nitrogens with zero attached hydrogens (tertiary/aromatic N) is 1. The lowest BCUT2D eigenvalue weighted by molar-refractivity contribution is -0.149. The van der Waals surface area contributed by atoms with Gasteiger partial charge in [0.1, 0.15) is 12.6 Å². The van der Waals surface area contributed by atoms with Crippen molar-refractivity contribution < 1.29 is 19.1 Å². The second-order valence-corrected chi connectivity index (χ2v) is 6.71. The smallest absolute Gasteiger partial charge is 0.329 e. The van der Waals surface area contributed by atoms with Crippen molar-refractivity contribution in [2.75, 3.05) is 0 Å². The number of esters is 1. The summed E-state index contributed by atoms with van der Waals surface area (Å²) in [4.78, 5) is 38.2. The summed E-state index contributed by atoms with van der Waals surface area (Å²) < 4.78 is 5.31. The second-order valence-electron chi connectivity index (χ2n) is 6.71. The summed E-state index contributed by atoms with van der Waals surface area (Å²) in [6, 6.07) is 13.4. The van der Waals surface area contributed by atoms with Crippen LogP contribution in [0.1, 0.15) is 58.5 Å². The molecule has 0 fully saturated rings. The number of hydrogen-bond acceptors (Lipinski definition) is 4. The summed E-state index contributed by atoms with van der Waals surface area (Å²) >= 11 is 0. The second kappa shape index (κ2) is 7.12. The standard InChI is InChI=1S/C21H21NO4/c1-13(2)16-10-8-15(9-11-16)12-26-21(25)14(3)22-19(23)17-6-4-5-7-18(17)20(22)24/h4-11,13-14H,12H2,1-3H3/t14-/m1/s1. The van der Waals surface area contributed by atoms with Gasteiger partial charge in [0.25, 0.3) is 11.8 Å². The quantitative estimate of drug-likeness (QED) is 0.610. The molecule has 0 saturated carbocycles. The van der Waals surface area contributed by atoms with Gasteiger partial charge >= 0.3 is 5.97 Å². The fourth-order valence-corrected chi connectivity index (χ4v) is 2.94. The summed E-state index contributed by atoms with van der Waals surface area (Å²) in [6.07, 6.45) is 0. The molecule has 1 heterocycles. The minimum absolute atomic E-state index is 0.102. The van der Waals surface area contributed by atoms with Gasteiger partial charge < -0.3 is 4.74 Å². The van der Waals surface area contributed by atoms with Crippen molar-refractivity contribution in [3.05, 3.63) is 70.8 Å². The SMILES string of the molecule is CC(C)c1ccc(COC(=O)[C@@H](C)N2C(=O)c3ccccc3C2=O)cc1. The molecule has 0 saturated heterocycles. The number of fused-ring (bicyclic) bond motifs is 1. The number of hydrogen-bond donors (Lipinski definition) is 0. The van der Waals surface area contributed by atoms with E-state index in [0.29, 0.717) is 17.0 Å². The van der Waals surface area contributed by atoms with Crippen LogP contribution in [0.2, 0.25) is 0 Å². The highest BCUT2D eigenvalue weighted by atomic mass is 16.5. The number of benzene rings is 2. The molecule has 5 heteroatoms. The molecule has 1 atom stereocenters. The van der Waals surface area contributed by atoms with Crippen LogP contribution in [-0.2, 0) is 16.1 Å². The van der Waals surface area contributed by atoms with E-state index in [9.17, 15) is 14.4 Å². The van der Waals surface area contributed by atoms with Crippen LogP contribution in [0.4, 0.5) is 0 Å². The molecule has 0 radical (unpaired) electrons. The largest absolute Gasteiger partial charge is 0.459 e. The Labute approximate surface area is 152 Å². The van der Waals surface area contributed by atoms with E-state index in [4.69, 9.17) is 4.74 Å². The molecule has 0 aromatic heterocycles. The van der Waals surface area contributed by atoms with Gasteiger partial charge in [0.15, 0.2) is 0 Å². The number of carbonyl (C=O) groups excluding carboxylic acids is 3. The Balaban J connectivity index is 1.65. The van der Waals surface area contributed by atoms with Crippen LogP contribution in [0, 0.1) is 0 Å². The van der Waals surface area contributed by atoms with Crippen LogP contribution >= 0.6 is 0 Å². The summed E-state index contributed by atoms with van der Waals surface area (Å²) in [6.45, 7) is 5.83. The third-order valence-electron chi connectivity index (χ3n) is 4.58. The molecular formula is C21H21NO4. The number of rotatable bonds is 5. The fraction of sp³-hybridized carbons (Fsp3) is 0.286. The zero-order valence-electron chi connectivity index (χ0n) is 15.1. The summed E-state index contributed by atoms with van der Waals surface area (Å²) in [5.41, 5.74) is 2.71. The van der Waals surface area contributed by atoms with Gasteiger partial charge in [0.05, 0.1) is 11.1 Å². The first-order valence-corrected chi connectivity index (χ1v) is 8.62. The molecule has 1 aliphatic rings. The van der Waals surface area contributed by atoms with Crippen molar-refractivity contribution in [1.29, 1.82) is 0 Å². The van der Waals surface area contributed by atoms with E-state index in [2.05, 4.69) is 13.8 Å². The maximum absolute atomic E-state index is 12.4. The van der Waals surface area contributed by atoms with Gasteiger partial charge in [-0.15, -0.1) is 0 Å². The van der Waals surface area contributed by atoms with E-state index in [1.807, 2.05) is 24.3 Å². The average molecular weight is 351 g/mol. The van der Waals surface area contributed by atoms with Gasteiger partial charge in [-0.25, -0.2) is 4.79 Å². The Kier molecular flexibility index (Phi) is 4.89. The van der Waals surface area contributed by atoms with Crippen LogP contribution in [0.5, 0.6) is 0 Å². The van der Waals surface area contributed by atoms with Crippen LogP contribution in [0.3, 0.4) is 0 Å². The first-order chi connectivity index (χ1) is 12.4. The molecule has 3 rings (SSSR count). The van der Waals surface area contributed by atoms with Gasteiger partial charge in [0, 0.05) is 0 Å². The van der Waals surface area contributed by atoms with E-state index in [1.54, 1.807) is 24.3 Å². The predicted molar refractivity (Wildman–Crippen MR) is 96.7 cm³/mol. The summed E-state index contributed by atoms with van der Waals surface area (Å²) in [5, 5.41) is 0. The molecule has 134 valence electrons. The molecule has 0 N–H and O–H groups in total. The highest BCUT2D eigenvalue weighted by Gasteiger charge is 2.41. The van der Waals surface area contributed by atoms with E-state index >= 15 is 0 Å². The minimum Gasteiger partial charge on any atom is -0.459 e. The minimum atomic E-state index is -0.975. The lowest BCUT2D eigenvalue weighted by Gasteiger charge is -2.21. The van der Waals surface area contributed by atoms with Gasteiger partial charge in [-0.1, -0.05) is 50.2 Å². The molecule has 0 unspecified atom stereocenters. The Morgan fingerprint density at radius 3 is 1.96 bits per heavy atom. The fourth-order valence-electron chi connectivity index (χ4n) is 2.94. The molecular weight excluding hydrogens is 330 g/mol. The maximum Gasteiger partial charge on any atom is 0.329 e.